The Hall–Kier alpha value is -0.760. The van der Waals surface area contributed by atoms with Crippen LogP contribution in [0, 0.1) is 6.92 Å². The second kappa shape index (κ2) is 4.19. The van der Waals surface area contributed by atoms with Crippen molar-refractivity contribution < 1.29 is 0 Å². The van der Waals surface area contributed by atoms with Crippen molar-refractivity contribution in [1.82, 2.24) is 4.98 Å². The molecule has 1 aromatic heterocycles. The van der Waals surface area contributed by atoms with Crippen molar-refractivity contribution in [3.8, 4) is 0 Å². The molecule has 0 fully saturated rings. The molecule has 0 aliphatic rings. The van der Waals surface area contributed by atoms with Crippen LogP contribution in [-0.2, 0) is 6.42 Å². The molecule has 0 radical (unpaired) electrons. The molecule has 0 bridgehead atoms. The van der Waals surface area contributed by atoms with Gasteiger partial charge in [-0.2, -0.15) is 0 Å². The molecule has 0 aliphatic carbocycles. The minimum Gasteiger partial charge on any atom is -0.329 e. The van der Waals surface area contributed by atoms with E-state index < -0.39 is 0 Å². The lowest BCUT2D eigenvalue weighted by Crippen LogP contribution is -2.10. The summed E-state index contributed by atoms with van der Waals surface area (Å²) in [6.07, 6.45) is 2.62. The third-order valence-electron chi connectivity index (χ3n) is 1.70. The number of hydrogen-bond acceptors (Lipinski definition) is 1. The molecule has 1 aromatic rings. The highest BCUT2D eigenvalue weighted by Gasteiger charge is 1.96. The van der Waals surface area contributed by atoms with Gasteiger partial charge in [-0.05, 0) is 25.0 Å². The average Bonchev–Trinajstić information content (AvgIpc) is 1.95. The largest absolute Gasteiger partial charge is 0.329 e. The summed E-state index contributed by atoms with van der Waals surface area (Å²) in [4.78, 5) is 13.6. The van der Waals surface area contributed by atoms with Gasteiger partial charge in [0.1, 0.15) is 0 Å². The molecule has 11 heavy (non-hydrogen) atoms. The van der Waals surface area contributed by atoms with Gasteiger partial charge < -0.3 is 4.98 Å². The van der Waals surface area contributed by atoms with E-state index >= 15 is 0 Å². The van der Waals surface area contributed by atoms with Gasteiger partial charge in [0.15, 0.2) is 0 Å². The Labute approximate surface area is 72.1 Å². The summed E-state index contributed by atoms with van der Waals surface area (Å²) >= 11 is 0. The third-order valence-corrected chi connectivity index (χ3v) is 1.70. The van der Waals surface area contributed by atoms with Crippen LogP contribution >= 0.6 is 12.4 Å². The van der Waals surface area contributed by atoms with E-state index in [2.05, 4.69) is 4.98 Å². The highest BCUT2D eigenvalue weighted by Crippen LogP contribution is 1.99. The zero-order valence-corrected chi connectivity index (χ0v) is 7.49. The van der Waals surface area contributed by atoms with Crippen LogP contribution in [0.3, 0.4) is 0 Å². The van der Waals surface area contributed by atoms with E-state index in [1.54, 1.807) is 6.20 Å². The second-order valence-electron chi connectivity index (χ2n) is 2.31. The lowest BCUT2D eigenvalue weighted by molar-refractivity contribution is 1.05. The third kappa shape index (κ3) is 2.09. The Bertz CT molecular complexity index is 280. The number of H-pyrrole nitrogens is 1. The summed E-state index contributed by atoms with van der Waals surface area (Å²) in [6.45, 7) is 3.89. The Morgan fingerprint density at radius 2 is 2.18 bits per heavy atom. The van der Waals surface area contributed by atoms with E-state index in [-0.39, 0.29) is 18.0 Å². The molecule has 0 saturated heterocycles. The molecule has 2 nitrogen and oxygen atoms in total. The molecule has 0 aromatic carbocycles. The maximum atomic E-state index is 10.9. The van der Waals surface area contributed by atoms with Crippen molar-refractivity contribution in [3.63, 3.8) is 0 Å². The van der Waals surface area contributed by atoms with E-state index in [1.807, 2.05) is 19.9 Å². The van der Waals surface area contributed by atoms with Gasteiger partial charge in [-0.25, -0.2) is 0 Å². The monoisotopic (exact) mass is 173 g/mol. The fourth-order valence-electron chi connectivity index (χ4n) is 0.980. The number of hydrogen-bond donors (Lipinski definition) is 1. The van der Waals surface area contributed by atoms with Crippen LogP contribution < -0.4 is 5.56 Å². The molecule has 62 valence electrons. The molecule has 0 atom stereocenters. The molecule has 0 amide bonds. The van der Waals surface area contributed by atoms with Crippen molar-refractivity contribution in [2.75, 3.05) is 0 Å². The molecular weight excluding hydrogens is 162 g/mol. The van der Waals surface area contributed by atoms with Crippen molar-refractivity contribution in [1.29, 1.82) is 0 Å². The van der Waals surface area contributed by atoms with Crippen molar-refractivity contribution in [2.45, 2.75) is 20.3 Å². The first-order valence-corrected chi connectivity index (χ1v) is 3.43. The SMILES string of the molecule is CCc1cc[nH]c(=O)c1C.Cl. The molecule has 0 aliphatic heterocycles. The van der Waals surface area contributed by atoms with Gasteiger partial charge in [0, 0.05) is 11.8 Å². The summed E-state index contributed by atoms with van der Waals surface area (Å²) < 4.78 is 0. The topological polar surface area (TPSA) is 32.9 Å². The number of nitrogens with one attached hydrogen (secondary N) is 1. The maximum Gasteiger partial charge on any atom is 0.251 e. The zero-order valence-electron chi connectivity index (χ0n) is 6.68. The number of aromatic nitrogens is 1. The number of halogens is 1. The van der Waals surface area contributed by atoms with Gasteiger partial charge in [-0.3, -0.25) is 4.79 Å². The van der Waals surface area contributed by atoms with Crippen LogP contribution in [-0.4, -0.2) is 4.98 Å². The van der Waals surface area contributed by atoms with Gasteiger partial charge in [0.2, 0.25) is 0 Å². The Kier molecular flexibility index (Phi) is 3.90. The lowest BCUT2D eigenvalue weighted by atomic mass is 10.1. The summed E-state index contributed by atoms with van der Waals surface area (Å²) in [7, 11) is 0. The molecule has 1 N–H and O–H groups in total. The predicted molar refractivity (Wildman–Crippen MR) is 48.4 cm³/mol. The summed E-state index contributed by atoms with van der Waals surface area (Å²) in [5.74, 6) is 0. The van der Waals surface area contributed by atoms with Crippen molar-refractivity contribution in [2.24, 2.45) is 0 Å². The maximum absolute atomic E-state index is 10.9. The first-order chi connectivity index (χ1) is 4.75. The average molecular weight is 174 g/mol. The molecular formula is C8H12ClNO. The van der Waals surface area contributed by atoms with Gasteiger partial charge in [-0.15, -0.1) is 12.4 Å². The van der Waals surface area contributed by atoms with E-state index in [0.29, 0.717) is 0 Å². The van der Waals surface area contributed by atoms with Crippen LogP contribution in [0.25, 0.3) is 0 Å². The minimum atomic E-state index is 0. The quantitative estimate of drug-likeness (QED) is 0.689. The highest BCUT2D eigenvalue weighted by molar-refractivity contribution is 5.85. The molecule has 1 heterocycles. The fourth-order valence-corrected chi connectivity index (χ4v) is 0.980. The van der Waals surface area contributed by atoms with Crippen LogP contribution in [0.5, 0.6) is 0 Å². The molecule has 0 unspecified atom stereocenters. The van der Waals surface area contributed by atoms with Crippen molar-refractivity contribution >= 4 is 12.4 Å². The Morgan fingerprint density at radius 3 is 2.64 bits per heavy atom. The minimum absolute atomic E-state index is 0. The van der Waals surface area contributed by atoms with Gasteiger partial charge in [-0.1, -0.05) is 6.92 Å². The number of pyridine rings is 1. The van der Waals surface area contributed by atoms with Gasteiger partial charge in [0.25, 0.3) is 5.56 Å². The summed E-state index contributed by atoms with van der Waals surface area (Å²) in [5, 5.41) is 0. The molecule has 0 saturated carbocycles. The molecule has 1 rings (SSSR count). The highest BCUT2D eigenvalue weighted by atomic mass is 35.5. The van der Waals surface area contributed by atoms with Gasteiger partial charge >= 0.3 is 0 Å². The van der Waals surface area contributed by atoms with Crippen LogP contribution in [0.4, 0.5) is 0 Å². The predicted octanol–water partition coefficient (Wildman–Crippen LogP) is 1.67. The van der Waals surface area contributed by atoms with E-state index in [1.165, 1.54) is 0 Å². The first-order valence-electron chi connectivity index (χ1n) is 3.43. The zero-order chi connectivity index (χ0) is 7.56. The first kappa shape index (κ1) is 10.2. The Balaban J connectivity index is 0.000001000. The second-order valence-corrected chi connectivity index (χ2v) is 2.31. The Morgan fingerprint density at radius 1 is 1.55 bits per heavy atom. The van der Waals surface area contributed by atoms with Crippen LogP contribution in [0.15, 0.2) is 17.1 Å². The number of aromatic amines is 1. The standard InChI is InChI=1S/C8H11NO.ClH/c1-3-7-4-5-9-8(10)6(7)2;/h4-5H,3H2,1-2H3,(H,9,10);1H. The summed E-state index contributed by atoms with van der Waals surface area (Å²) in [5.41, 5.74) is 1.99. The fraction of sp³-hybridized carbons (Fsp3) is 0.375. The number of rotatable bonds is 1. The van der Waals surface area contributed by atoms with E-state index in [9.17, 15) is 4.79 Å². The summed E-state index contributed by atoms with van der Waals surface area (Å²) in [6, 6.07) is 1.94. The molecule has 3 heteroatoms. The normalized spacial score (nSPS) is 8.91. The van der Waals surface area contributed by atoms with Crippen LogP contribution in [0.2, 0.25) is 0 Å². The van der Waals surface area contributed by atoms with E-state index in [0.717, 1.165) is 17.5 Å². The smallest absolute Gasteiger partial charge is 0.251 e. The van der Waals surface area contributed by atoms with E-state index in [4.69, 9.17) is 0 Å². The van der Waals surface area contributed by atoms with Crippen molar-refractivity contribution in [3.05, 3.63) is 33.7 Å². The lowest BCUT2D eigenvalue weighted by Gasteiger charge is -1.97. The number of aryl methyl sites for hydroxylation is 1. The van der Waals surface area contributed by atoms with Gasteiger partial charge in [0.05, 0.1) is 0 Å². The van der Waals surface area contributed by atoms with Crippen LogP contribution in [0.1, 0.15) is 18.1 Å². The molecule has 0 spiro atoms.